The van der Waals surface area contributed by atoms with Crippen LogP contribution in [0.2, 0.25) is 0 Å². The third kappa shape index (κ3) is 7.62. The number of hydrogen-bond acceptors (Lipinski definition) is 10. The zero-order valence-corrected chi connectivity index (χ0v) is 47.0. The number of fused-ring (bicyclic) bond motifs is 5. The molecule has 14 atom stereocenters. The van der Waals surface area contributed by atoms with Gasteiger partial charge in [0.05, 0.1) is 46.5 Å². The number of allylic oxidation sites excluding steroid dienone is 1. The van der Waals surface area contributed by atoms with Crippen molar-refractivity contribution >= 4 is 28.9 Å². The van der Waals surface area contributed by atoms with Crippen LogP contribution >= 0.6 is 0 Å². The maximum absolute atomic E-state index is 15.7. The van der Waals surface area contributed by atoms with E-state index in [0.717, 1.165) is 89.2 Å². The number of epoxide rings is 1. The number of aryl methyl sites for hydroxylation is 1. The summed E-state index contributed by atoms with van der Waals surface area (Å²) in [7, 11) is 1.95. The number of Topliss-reactive ketones (excluding diaryl/α,β-unsaturated/α-hetero) is 2. The third-order valence-electron chi connectivity index (χ3n) is 24.1. The Morgan fingerprint density at radius 1 is 0.921 bits per heavy atom. The minimum Gasteiger partial charge on any atom is -0.393 e. The smallest absolute Gasteiger partial charge is 0.160 e. The fraction of sp³-hybridized carbons (Fsp3) is 0.734. The van der Waals surface area contributed by atoms with Crippen molar-refractivity contribution in [3.8, 4) is 0 Å². The molecule has 2 aromatic heterocycles. The molecule has 2 saturated heterocycles. The van der Waals surface area contributed by atoms with E-state index < -0.39 is 73.8 Å². The standard InChI is InChI=1S/C64H89N3O9/c1-57(2)56(76-57)47(71)30-58(3)17-14-38-33-66-52-43(45(36-68)40-26-39(37-12-10-9-11-13-37)27-41(28-40)64(74)21-24-75-25-22-64)34-67(53(38)52)35-44-50-51(58)46(70)31-61(50,6)60(5)18-16-48-59(4,20-23-65-8)49(72)32-63(19-15-42(69)29-63)62(48,7)55(60)54(44)73/h26-28,33-34,36-37,42,44-45,47-48,54-56,65-66,69,71,73-74H,9-25,29-32,35H2,1-8H3/t42-,44+,45+,47+,48-,54+,55-,56+,58-,59-,60-,61-,62+,63+/m0/s1. The molecule has 1 aromatic carbocycles. The lowest BCUT2D eigenvalue weighted by Crippen LogP contribution is -2.72. The van der Waals surface area contributed by atoms with Gasteiger partial charge in [-0.3, -0.25) is 9.59 Å². The number of benzene rings is 1. The monoisotopic (exact) mass is 1040 g/mol. The van der Waals surface area contributed by atoms with E-state index in [1.807, 2.05) is 20.9 Å². The number of carbonyl (C=O) groups excluding carboxylic acids is 3. The topological polar surface area (TPSA) is 187 Å². The molecule has 5 heterocycles. The summed E-state index contributed by atoms with van der Waals surface area (Å²) >= 11 is 0. The molecule has 1 spiro atoms. The van der Waals surface area contributed by atoms with E-state index in [-0.39, 0.29) is 29.5 Å². The molecule has 5 saturated carbocycles. The van der Waals surface area contributed by atoms with E-state index in [2.05, 4.69) is 80.1 Å². The van der Waals surface area contributed by atoms with E-state index in [1.54, 1.807) is 0 Å². The van der Waals surface area contributed by atoms with Gasteiger partial charge in [-0.15, -0.1) is 0 Å². The second-order valence-corrected chi connectivity index (χ2v) is 28.4. The maximum Gasteiger partial charge on any atom is 0.160 e. The number of aromatic amines is 1. The molecule has 9 aliphatic rings. The van der Waals surface area contributed by atoms with Crippen molar-refractivity contribution in [3.63, 3.8) is 0 Å². The van der Waals surface area contributed by atoms with Gasteiger partial charge in [-0.05, 0) is 165 Å². The van der Waals surface area contributed by atoms with E-state index in [0.29, 0.717) is 103 Å². The van der Waals surface area contributed by atoms with Crippen molar-refractivity contribution in [1.29, 1.82) is 0 Å². The van der Waals surface area contributed by atoms with Crippen molar-refractivity contribution in [3.05, 3.63) is 69.6 Å². The van der Waals surface area contributed by atoms with Crippen LogP contribution in [-0.4, -0.2) is 105 Å². The zero-order chi connectivity index (χ0) is 53.8. The van der Waals surface area contributed by atoms with Crippen molar-refractivity contribution in [2.75, 3.05) is 26.8 Å². The predicted octanol–water partition coefficient (Wildman–Crippen LogP) is 9.65. The quantitative estimate of drug-likeness (QED) is 0.0798. The van der Waals surface area contributed by atoms with Gasteiger partial charge in [0.2, 0.25) is 0 Å². The summed E-state index contributed by atoms with van der Waals surface area (Å²) in [6, 6.07) is 6.52. The highest BCUT2D eigenvalue weighted by atomic mass is 16.6. The fourth-order valence-corrected chi connectivity index (χ4v) is 19.8. The second-order valence-electron chi connectivity index (χ2n) is 28.4. The highest BCUT2D eigenvalue weighted by Gasteiger charge is 2.77. The number of nitrogens with zero attached hydrogens (tertiary/aromatic N) is 1. The number of aromatic nitrogens is 2. The summed E-state index contributed by atoms with van der Waals surface area (Å²) in [5.74, 6) is -0.846. The molecular formula is C64H89N3O9. The van der Waals surface area contributed by atoms with Gasteiger partial charge in [0.1, 0.15) is 18.2 Å². The normalized spacial score (nSPS) is 40.7. The molecule has 12 rings (SSSR count). The molecule has 0 amide bonds. The van der Waals surface area contributed by atoms with Crippen LogP contribution in [-0.2, 0) is 42.4 Å². The van der Waals surface area contributed by atoms with E-state index in [1.165, 1.54) is 12.0 Å². The van der Waals surface area contributed by atoms with Gasteiger partial charge in [-0.1, -0.05) is 72.1 Å². The Balaban J connectivity index is 1.05. The highest BCUT2D eigenvalue weighted by molar-refractivity contribution is 6.02. The van der Waals surface area contributed by atoms with Crippen molar-refractivity contribution in [2.45, 2.75) is 218 Å². The van der Waals surface area contributed by atoms with E-state index >= 15 is 4.79 Å². The van der Waals surface area contributed by atoms with E-state index in [4.69, 9.17) is 9.47 Å². The van der Waals surface area contributed by atoms with Gasteiger partial charge in [0, 0.05) is 85.7 Å². The van der Waals surface area contributed by atoms with Gasteiger partial charge in [-0.25, -0.2) is 0 Å². The van der Waals surface area contributed by atoms with Crippen LogP contribution in [0.4, 0.5) is 0 Å². The van der Waals surface area contributed by atoms with Gasteiger partial charge in [-0.2, -0.15) is 0 Å². The molecule has 6 aliphatic carbocycles. The van der Waals surface area contributed by atoms with Gasteiger partial charge < -0.3 is 49.6 Å². The number of aldehydes is 1. The van der Waals surface area contributed by atoms with Crippen LogP contribution in [0.1, 0.15) is 197 Å². The summed E-state index contributed by atoms with van der Waals surface area (Å²) in [5, 5.41) is 53.8. The Morgan fingerprint density at radius 3 is 2.33 bits per heavy atom. The number of aliphatic hydroxyl groups is 4. The lowest BCUT2D eigenvalue weighted by Gasteiger charge is -2.74. The molecule has 12 nitrogen and oxygen atoms in total. The first-order valence-electron chi connectivity index (χ1n) is 29.8. The number of rotatable bonds is 11. The number of nitrogens with one attached hydrogen (secondary N) is 2. The molecule has 0 radical (unpaired) electrons. The summed E-state index contributed by atoms with van der Waals surface area (Å²) in [6.07, 6.45) is 15.6. The van der Waals surface area contributed by atoms with Crippen molar-refractivity contribution in [1.82, 2.24) is 14.9 Å². The van der Waals surface area contributed by atoms with Crippen LogP contribution in [0.5, 0.6) is 0 Å². The summed E-state index contributed by atoms with van der Waals surface area (Å²) in [4.78, 5) is 48.5. The van der Waals surface area contributed by atoms with Crippen LogP contribution in [0.3, 0.4) is 0 Å². The van der Waals surface area contributed by atoms with Gasteiger partial charge >= 0.3 is 0 Å². The number of aliphatic hydroxyl groups excluding tert-OH is 3. The van der Waals surface area contributed by atoms with Crippen molar-refractivity contribution in [2.24, 2.45) is 50.2 Å². The molecule has 7 fully saturated rings. The first kappa shape index (κ1) is 53.2. The van der Waals surface area contributed by atoms with E-state index in [9.17, 15) is 30.0 Å². The second kappa shape index (κ2) is 18.3. The Hall–Kier alpha value is -3.49. The van der Waals surface area contributed by atoms with Gasteiger partial charge in [0.15, 0.2) is 5.78 Å². The summed E-state index contributed by atoms with van der Waals surface area (Å²) in [6.45, 7) is 17.5. The highest BCUT2D eigenvalue weighted by Crippen LogP contribution is 2.80. The molecule has 3 aromatic rings. The Bertz CT molecular complexity index is 2850. The first-order valence-corrected chi connectivity index (χ1v) is 29.8. The Morgan fingerprint density at radius 2 is 1.66 bits per heavy atom. The number of hydrogen-bond donors (Lipinski definition) is 6. The SMILES string of the molecule is CNCC[C@]1(C)C(=O)C[C@]2(CC[C@H](O)C2)[C@@]2(C)[C@H]3[C@H](O)[C@@H]4Cn5cc([C@H](C=O)c6cc(C7CCCCC7)cc(C7(O)CCOCC7)c6)c6[nH]cc(c65)CC[C@@](C)(C[C@@H](O)[C@H]5OC5(C)C)C5=C4[C@](C)(CC5=O)[C@@]3(C)CC[C@H]21. The first-order chi connectivity index (χ1) is 36.0. The van der Waals surface area contributed by atoms with Crippen LogP contribution < -0.4 is 5.32 Å². The molecule has 6 N–H and O–H groups in total. The van der Waals surface area contributed by atoms with Crippen LogP contribution in [0, 0.1) is 50.2 Å². The minimum atomic E-state index is -1.06. The number of ether oxygens (including phenoxy) is 2. The fourth-order valence-electron chi connectivity index (χ4n) is 19.8. The molecule has 0 unspecified atom stereocenters. The molecule has 3 aliphatic heterocycles. The Kier molecular flexibility index (Phi) is 12.8. The molecule has 12 heteroatoms. The average Bonchev–Trinajstić information content (AvgIpc) is 3.81. The van der Waals surface area contributed by atoms with Gasteiger partial charge in [0.25, 0.3) is 0 Å². The number of H-pyrrole nitrogens is 1. The van der Waals surface area contributed by atoms with Crippen LogP contribution in [0.25, 0.3) is 11.0 Å². The molecule has 76 heavy (non-hydrogen) atoms. The maximum atomic E-state index is 15.7. The minimum absolute atomic E-state index is 0.0526. The largest absolute Gasteiger partial charge is 0.393 e. The molecular weight excluding hydrogens is 955 g/mol. The third-order valence-corrected chi connectivity index (χ3v) is 24.1. The average molecular weight is 1040 g/mol. The number of carbonyl (C=O) groups is 3. The summed E-state index contributed by atoms with van der Waals surface area (Å²) < 4.78 is 14.2. The summed E-state index contributed by atoms with van der Waals surface area (Å²) in [5.41, 5.74) is 3.18. The van der Waals surface area contributed by atoms with Crippen molar-refractivity contribution < 1.29 is 44.3 Å². The lowest BCUT2D eigenvalue weighted by atomic mass is 9.30. The predicted molar refractivity (Wildman–Crippen MR) is 292 cm³/mol. The lowest BCUT2D eigenvalue weighted by molar-refractivity contribution is -0.262. The van der Waals surface area contributed by atoms with Crippen LogP contribution in [0.15, 0.2) is 41.7 Å². The molecule has 414 valence electrons. The molecule has 0 bridgehead atoms. The zero-order valence-electron chi connectivity index (χ0n) is 47.0. The number of ketones is 2. The Labute approximate surface area is 450 Å².